The minimum absolute atomic E-state index is 0.379. The molecule has 0 bridgehead atoms. The molecule has 0 heterocycles. The average molecular weight is 257 g/mol. The number of aliphatic hydroxyl groups excluding tert-OH is 2. The van der Waals surface area contributed by atoms with E-state index in [0.29, 0.717) is 6.54 Å². The zero-order valence-corrected chi connectivity index (χ0v) is 11.1. The first-order chi connectivity index (χ1) is 9.22. The van der Waals surface area contributed by atoms with E-state index in [4.69, 9.17) is 0 Å². The van der Waals surface area contributed by atoms with Crippen LogP contribution in [0, 0.1) is 0 Å². The molecule has 2 unspecified atom stereocenters. The van der Waals surface area contributed by atoms with E-state index in [1.54, 1.807) is 7.05 Å². The van der Waals surface area contributed by atoms with Crippen LogP contribution >= 0.6 is 0 Å². The third kappa shape index (κ3) is 2.04. The maximum Gasteiger partial charge on any atom is 0.107 e. The highest BCUT2D eigenvalue weighted by atomic mass is 16.3. The lowest BCUT2D eigenvalue weighted by atomic mass is 9.94. The van der Waals surface area contributed by atoms with Gasteiger partial charge in [0.25, 0.3) is 0 Å². The molecule has 3 N–H and O–H groups in total. The fourth-order valence-corrected chi connectivity index (χ4v) is 3.06. The molecule has 2 atom stereocenters. The topological polar surface area (TPSA) is 52.5 Å². The molecular formula is C16H19NO2. The monoisotopic (exact) mass is 257 g/mol. The molecule has 100 valence electrons. The normalized spacial score (nSPS) is 16.8. The standard InChI is InChI=1S/C16H19NO2/c1-17-9-14(18)16(19)13-8-7-11-6-5-10-3-2-4-12(13)15(10)11/h2-4,7-8,14,16-19H,5-6,9H2,1H3. The fraction of sp³-hybridized carbons (Fsp3) is 0.375. The van der Waals surface area contributed by atoms with Gasteiger partial charge in [0.2, 0.25) is 0 Å². The molecule has 19 heavy (non-hydrogen) atoms. The van der Waals surface area contributed by atoms with E-state index in [9.17, 15) is 10.2 Å². The first-order valence-electron chi connectivity index (χ1n) is 6.76. The lowest BCUT2D eigenvalue weighted by molar-refractivity contribution is 0.0211. The summed E-state index contributed by atoms with van der Waals surface area (Å²) in [6.45, 7) is 0.379. The van der Waals surface area contributed by atoms with Crippen molar-refractivity contribution in [1.82, 2.24) is 5.32 Å². The molecule has 0 aliphatic heterocycles. The molecule has 0 radical (unpaired) electrons. The van der Waals surface area contributed by atoms with Gasteiger partial charge in [-0.3, -0.25) is 0 Å². The van der Waals surface area contributed by atoms with Crippen molar-refractivity contribution in [3.63, 3.8) is 0 Å². The van der Waals surface area contributed by atoms with E-state index in [-0.39, 0.29) is 0 Å². The number of aliphatic hydroxyl groups is 2. The molecule has 3 nitrogen and oxygen atoms in total. The average Bonchev–Trinajstić information content (AvgIpc) is 2.84. The summed E-state index contributed by atoms with van der Waals surface area (Å²) in [6, 6.07) is 10.3. The van der Waals surface area contributed by atoms with Crippen molar-refractivity contribution in [1.29, 1.82) is 0 Å². The van der Waals surface area contributed by atoms with Crippen LogP contribution in [0.3, 0.4) is 0 Å². The largest absolute Gasteiger partial charge is 0.389 e. The summed E-state index contributed by atoms with van der Waals surface area (Å²) >= 11 is 0. The van der Waals surface area contributed by atoms with Crippen LogP contribution in [0.25, 0.3) is 10.8 Å². The maximum atomic E-state index is 10.3. The highest BCUT2D eigenvalue weighted by molar-refractivity contribution is 5.93. The second-order valence-corrected chi connectivity index (χ2v) is 5.22. The Bertz CT molecular complexity index is 599. The molecule has 3 rings (SSSR count). The molecule has 0 saturated carbocycles. The van der Waals surface area contributed by atoms with E-state index in [0.717, 1.165) is 23.8 Å². The van der Waals surface area contributed by atoms with Crippen LogP contribution in [0.5, 0.6) is 0 Å². The first kappa shape index (κ1) is 12.6. The number of likely N-dealkylation sites (N-methyl/N-ethyl adjacent to an activating group) is 1. The Morgan fingerprint density at radius 1 is 1.11 bits per heavy atom. The molecule has 0 aromatic heterocycles. The van der Waals surface area contributed by atoms with Crippen LogP contribution in [0.2, 0.25) is 0 Å². The zero-order valence-electron chi connectivity index (χ0n) is 11.1. The number of nitrogens with one attached hydrogen (secondary N) is 1. The molecule has 0 amide bonds. The summed E-state index contributed by atoms with van der Waals surface area (Å²) in [4.78, 5) is 0. The molecule has 1 aliphatic carbocycles. The molecule has 3 heteroatoms. The number of hydrogen-bond donors (Lipinski definition) is 3. The van der Waals surface area contributed by atoms with Crippen LogP contribution in [0.4, 0.5) is 0 Å². The minimum Gasteiger partial charge on any atom is -0.389 e. The Morgan fingerprint density at radius 2 is 1.84 bits per heavy atom. The van der Waals surface area contributed by atoms with Crippen molar-refractivity contribution in [3.8, 4) is 0 Å². The van der Waals surface area contributed by atoms with Crippen LogP contribution in [0.1, 0.15) is 22.8 Å². The van der Waals surface area contributed by atoms with Gasteiger partial charge in [-0.15, -0.1) is 0 Å². The zero-order chi connectivity index (χ0) is 13.4. The van der Waals surface area contributed by atoms with Crippen molar-refractivity contribution >= 4 is 10.8 Å². The Balaban J connectivity index is 2.11. The van der Waals surface area contributed by atoms with Gasteiger partial charge in [-0.2, -0.15) is 0 Å². The molecule has 0 fully saturated rings. The third-order valence-corrected chi connectivity index (χ3v) is 4.01. The maximum absolute atomic E-state index is 10.3. The summed E-state index contributed by atoms with van der Waals surface area (Å²) in [5.41, 5.74) is 3.53. The molecule has 0 spiro atoms. The fourth-order valence-electron chi connectivity index (χ4n) is 3.06. The molecule has 1 aliphatic rings. The number of rotatable bonds is 4. The quantitative estimate of drug-likeness (QED) is 0.779. The van der Waals surface area contributed by atoms with Crippen LogP contribution < -0.4 is 5.32 Å². The van der Waals surface area contributed by atoms with Gasteiger partial charge in [0.05, 0.1) is 6.10 Å². The predicted octanol–water partition coefficient (Wildman–Crippen LogP) is 1.55. The van der Waals surface area contributed by atoms with Gasteiger partial charge in [-0.1, -0.05) is 30.3 Å². The lowest BCUT2D eigenvalue weighted by Crippen LogP contribution is -2.29. The van der Waals surface area contributed by atoms with Gasteiger partial charge < -0.3 is 15.5 Å². The summed E-state index contributed by atoms with van der Waals surface area (Å²) < 4.78 is 0. The smallest absolute Gasteiger partial charge is 0.107 e. The number of hydrogen-bond acceptors (Lipinski definition) is 3. The van der Waals surface area contributed by atoms with Gasteiger partial charge >= 0.3 is 0 Å². The SMILES string of the molecule is CNCC(O)C(O)c1ccc2c3c(cccc13)CC2. The summed E-state index contributed by atoms with van der Waals surface area (Å²) in [7, 11) is 1.77. The van der Waals surface area contributed by atoms with Gasteiger partial charge in [-0.05, 0) is 47.4 Å². The Morgan fingerprint density at radius 3 is 2.58 bits per heavy atom. The van der Waals surface area contributed by atoms with E-state index >= 15 is 0 Å². The summed E-state index contributed by atoms with van der Waals surface area (Å²) in [6.07, 6.45) is 0.511. The number of aryl methyl sites for hydroxylation is 2. The lowest BCUT2D eigenvalue weighted by Gasteiger charge is -2.20. The third-order valence-electron chi connectivity index (χ3n) is 4.01. The summed E-state index contributed by atoms with van der Waals surface area (Å²) in [5.74, 6) is 0. The van der Waals surface area contributed by atoms with Crippen molar-refractivity contribution in [3.05, 3.63) is 47.0 Å². The molecular weight excluding hydrogens is 238 g/mol. The van der Waals surface area contributed by atoms with E-state index in [2.05, 4.69) is 17.4 Å². The van der Waals surface area contributed by atoms with Crippen LogP contribution in [0.15, 0.2) is 30.3 Å². The highest BCUT2D eigenvalue weighted by Gasteiger charge is 2.22. The van der Waals surface area contributed by atoms with Crippen LogP contribution in [-0.4, -0.2) is 29.9 Å². The van der Waals surface area contributed by atoms with Crippen molar-refractivity contribution in [2.24, 2.45) is 0 Å². The van der Waals surface area contributed by atoms with E-state index in [1.807, 2.05) is 18.2 Å². The van der Waals surface area contributed by atoms with Crippen LogP contribution in [-0.2, 0) is 12.8 Å². The first-order valence-corrected chi connectivity index (χ1v) is 6.76. The highest BCUT2D eigenvalue weighted by Crippen LogP contribution is 2.35. The van der Waals surface area contributed by atoms with Gasteiger partial charge in [-0.25, -0.2) is 0 Å². The van der Waals surface area contributed by atoms with Gasteiger partial charge in [0, 0.05) is 6.54 Å². The Labute approximate surface area is 112 Å². The van der Waals surface area contributed by atoms with Gasteiger partial charge in [0.1, 0.15) is 6.10 Å². The van der Waals surface area contributed by atoms with Crippen molar-refractivity contribution in [2.75, 3.05) is 13.6 Å². The molecule has 2 aromatic carbocycles. The summed E-state index contributed by atoms with van der Waals surface area (Å²) in [5, 5.41) is 25.5. The van der Waals surface area contributed by atoms with E-state index < -0.39 is 12.2 Å². The van der Waals surface area contributed by atoms with Crippen molar-refractivity contribution in [2.45, 2.75) is 25.0 Å². The molecule has 0 saturated heterocycles. The second kappa shape index (κ2) is 4.93. The Hall–Kier alpha value is -1.42. The van der Waals surface area contributed by atoms with E-state index in [1.165, 1.54) is 16.5 Å². The van der Waals surface area contributed by atoms with Gasteiger partial charge in [0.15, 0.2) is 0 Å². The second-order valence-electron chi connectivity index (χ2n) is 5.22. The minimum atomic E-state index is -0.850. The molecule has 2 aromatic rings. The van der Waals surface area contributed by atoms with Crippen molar-refractivity contribution < 1.29 is 10.2 Å². The Kier molecular flexibility index (Phi) is 3.27. The number of benzene rings is 2. The predicted molar refractivity (Wildman–Crippen MR) is 76.2 cm³/mol.